The lowest BCUT2D eigenvalue weighted by Crippen LogP contribution is -2.55. The molecule has 0 unspecified atom stereocenters. The van der Waals surface area contributed by atoms with Gasteiger partial charge in [0.1, 0.15) is 0 Å². The van der Waals surface area contributed by atoms with Crippen LogP contribution >= 0.6 is 0 Å². The molecule has 0 radical (unpaired) electrons. The molecule has 1 fully saturated rings. The number of carbonyl (C=O) groups excluding carboxylic acids is 2. The van der Waals surface area contributed by atoms with Crippen molar-refractivity contribution >= 4 is 11.8 Å². The monoisotopic (exact) mass is 392 g/mol. The topological polar surface area (TPSA) is 40.6 Å². The molecular formula is C25H32N2O2. The van der Waals surface area contributed by atoms with E-state index in [1.165, 1.54) is 22.3 Å². The van der Waals surface area contributed by atoms with Gasteiger partial charge in [-0.1, -0.05) is 59.7 Å². The highest BCUT2D eigenvalue weighted by Crippen LogP contribution is 2.15. The highest BCUT2D eigenvalue weighted by atomic mass is 16.2. The lowest BCUT2D eigenvalue weighted by atomic mass is 10.0. The van der Waals surface area contributed by atoms with E-state index in [1.54, 1.807) is 0 Å². The number of carbonyl (C=O) groups is 2. The molecule has 1 heterocycles. The molecule has 0 bridgehead atoms. The van der Waals surface area contributed by atoms with Gasteiger partial charge in [-0.3, -0.25) is 9.59 Å². The minimum atomic E-state index is 0.0664. The molecule has 0 saturated carbocycles. The Morgan fingerprint density at radius 1 is 0.862 bits per heavy atom. The zero-order chi connectivity index (χ0) is 20.8. The Balaban J connectivity index is 1.46. The normalized spacial score (nSPS) is 16.7. The Morgan fingerprint density at radius 2 is 1.41 bits per heavy atom. The third-order valence-electron chi connectivity index (χ3n) is 5.72. The summed E-state index contributed by atoms with van der Waals surface area (Å²) in [5.41, 5.74) is 4.86. The molecule has 2 amide bonds. The Morgan fingerprint density at radius 3 is 1.93 bits per heavy atom. The largest absolute Gasteiger partial charge is 0.339 e. The lowest BCUT2D eigenvalue weighted by Gasteiger charge is -2.40. The van der Waals surface area contributed by atoms with Crippen LogP contribution in [0.5, 0.6) is 0 Å². The maximum atomic E-state index is 12.7. The average Bonchev–Trinajstić information content (AvgIpc) is 2.70. The Hall–Kier alpha value is -2.62. The molecule has 0 aromatic heterocycles. The van der Waals surface area contributed by atoms with Gasteiger partial charge >= 0.3 is 0 Å². The third-order valence-corrected chi connectivity index (χ3v) is 5.72. The molecule has 4 nitrogen and oxygen atoms in total. The van der Waals surface area contributed by atoms with Crippen LogP contribution < -0.4 is 0 Å². The van der Waals surface area contributed by atoms with Gasteiger partial charge in [0.05, 0.1) is 0 Å². The van der Waals surface area contributed by atoms with Crippen molar-refractivity contribution in [3.8, 4) is 0 Å². The van der Waals surface area contributed by atoms with Crippen LogP contribution in [0.1, 0.15) is 42.0 Å². The quantitative estimate of drug-likeness (QED) is 0.747. The van der Waals surface area contributed by atoms with Crippen molar-refractivity contribution in [3.63, 3.8) is 0 Å². The van der Waals surface area contributed by atoms with E-state index >= 15 is 0 Å². The van der Waals surface area contributed by atoms with Crippen molar-refractivity contribution in [2.75, 3.05) is 19.6 Å². The molecule has 0 aliphatic carbocycles. The number of piperazine rings is 1. The summed E-state index contributed by atoms with van der Waals surface area (Å²) in [6.07, 6.45) is 2.58. The second kappa shape index (κ2) is 9.73. The number of rotatable bonds is 6. The fourth-order valence-electron chi connectivity index (χ4n) is 4.09. The van der Waals surface area contributed by atoms with Crippen LogP contribution in [-0.4, -0.2) is 47.3 Å². The first-order valence-electron chi connectivity index (χ1n) is 10.6. The number of benzene rings is 2. The number of nitrogens with zero attached hydrogens (tertiary/aromatic N) is 2. The van der Waals surface area contributed by atoms with E-state index in [0.29, 0.717) is 32.5 Å². The second-order valence-electron chi connectivity index (χ2n) is 8.25. The predicted octanol–water partition coefficient (Wildman–Crippen LogP) is 3.93. The maximum absolute atomic E-state index is 12.7. The fourth-order valence-corrected chi connectivity index (χ4v) is 4.09. The molecule has 154 valence electrons. The molecule has 4 heteroatoms. The number of aryl methyl sites for hydroxylation is 4. The summed E-state index contributed by atoms with van der Waals surface area (Å²) in [6.45, 7) is 8.08. The highest BCUT2D eigenvalue weighted by Gasteiger charge is 2.29. The van der Waals surface area contributed by atoms with E-state index in [0.717, 1.165) is 12.8 Å². The van der Waals surface area contributed by atoms with E-state index in [9.17, 15) is 9.59 Å². The predicted molar refractivity (Wildman–Crippen MR) is 117 cm³/mol. The summed E-state index contributed by atoms with van der Waals surface area (Å²) < 4.78 is 0. The molecular weight excluding hydrogens is 360 g/mol. The van der Waals surface area contributed by atoms with Crippen molar-refractivity contribution in [1.82, 2.24) is 9.80 Å². The Kier molecular flexibility index (Phi) is 7.08. The van der Waals surface area contributed by atoms with Crippen LogP contribution in [0.15, 0.2) is 48.5 Å². The van der Waals surface area contributed by atoms with Gasteiger partial charge in [-0.25, -0.2) is 0 Å². The van der Waals surface area contributed by atoms with Crippen molar-refractivity contribution in [3.05, 3.63) is 70.8 Å². The molecule has 1 aliphatic heterocycles. The molecule has 1 saturated heterocycles. The molecule has 0 N–H and O–H groups in total. The molecule has 1 atom stereocenters. The molecule has 0 spiro atoms. The van der Waals surface area contributed by atoms with Crippen LogP contribution in [0.25, 0.3) is 0 Å². The molecule has 2 aromatic carbocycles. The third kappa shape index (κ3) is 5.93. The first-order chi connectivity index (χ1) is 13.9. The SMILES string of the molecule is Cc1cccc(CCC(=O)N2CCN(C(=O)CCc3cccc(C)c3)[C@@H](C)C2)c1. The highest BCUT2D eigenvalue weighted by molar-refractivity contribution is 5.79. The molecule has 3 rings (SSSR count). The second-order valence-corrected chi connectivity index (χ2v) is 8.25. The molecule has 2 aromatic rings. The molecule has 29 heavy (non-hydrogen) atoms. The fraction of sp³-hybridized carbons (Fsp3) is 0.440. The average molecular weight is 393 g/mol. The van der Waals surface area contributed by atoms with Crippen molar-refractivity contribution < 1.29 is 9.59 Å². The van der Waals surface area contributed by atoms with Gasteiger partial charge in [0.2, 0.25) is 11.8 Å². The van der Waals surface area contributed by atoms with Gasteiger partial charge in [-0.05, 0) is 44.7 Å². The Labute approximate surface area is 174 Å². The van der Waals surface area contributed by atoms with Crippen LogP contribution in [0.4, 0.5) is 0 Å². The first kappa shape index (κ1) is 21.1. The standard InChI is InChI=1S/C25H32N2O2/c1-19-6-4-8-22(16-19)10-12-24(28)26-14-15-27(21(3)18-26)25(29)13-11-23-9-5-7-20(2)17-23/h4-9,16-17,21H,10-15,18H2,1-3H3/t21-/m0/s1. The van der Waals surface area contributed by atoms with Gasteiger partial charge in [-0.15, -0.1) is 0 Å². The van der Waals surface area contributed by atoms with Crippen molar-refractivity contribution in [1.29, 1.82) is 0 Å². The van der Waals surface area contributed by atoms with Gasteiger partial charge in [0.25, 0.3) is 0 Å². The summed E-state index contributed by atoms with van der Waals surface area (Å²) in [7, 11) is 0. The van der Waals surface area contributed by atoms with Gasteiger partial charge in [0.15, 0.2) is 0 Å². The minimum Gasteiger partial charge on any atom is -0.339 e. The zero-order valence-electron chi connectivity index (χ0n) is 17.9. The lowest BCUT2D eigenvalue weighted by molar-refractivity contribution is -0.142. The summed E-state index contributed by atoms with van der Waals surface area (Å²) in [5, 5.41) is 0. The zero-order valence-corrected chi connectivity index (χ0v) is 17.9. The summed E-state index contributed by atoms with van der Waals surface area (Å²) in [4.78, 5) is 29.2. The summed E-state index contributed by atoms with van der Waals surface area (Å²) in [6, 6.07) is 16.7. The van der Waals surface area contributed by atoms with Crippen LogP contribution in [0.2, 0.25) is 0 Å². The van der Waals surface area contributed by atoms with E-state index in [1.807, 2.05) is 28.9 Å². The van der Waals surface area contributed by atoms with E-state index in [2.05, 4.69) is 50.2 Å². The minimum absolute atomic E-state index is 0.0664. The van der Waals surface area contributed by atoms with Crippen molar-refractivity contribution in [2.45, 2.75) is 52.5 Å². The number of hydrogen-bond acceptors (Lipinski definition) is 2. The van der Waals surface area contributed by atoms with Crippen LogP contribution in [0.3, 0.4) is 0 Å². The summed E-state index contributed by atoms with van der Waals surface area (Å²) in [5.74, 6) is 0.371. The smallest absolute Gasteiger partial charge is 0.223 e. The van der Waals surface area contributed by atoms with Crippen LogP contribution in [0, 0.1) is 13.8 Å². The van der Waals surface area contributed by atoms with Gasteiger partial charge < -0.3 is 9.80 Å². The number of amides is 2. The number of hydrogen-bond donors (Lipinski definition) is 0. The summed E-state index contributed by atoms with van der Waals surface area (Å²) >= 11 is 0. The van der Waals surface area contributed by atoms with Gasteiger partial charge in [-0.2, -0.15) is 0 Å². The molecule has 1 aliphatic rings. The van der Waals surface area contributed by atoms with Crippen molar-refractivity contribution in [2.24, 2.45) is 0 Å². The maximum Gasteiger partial charge on any atom is 0.223 e. The Bertz CT molecular complexity index is 861. The van der Waals surface area contributed by atoms with E-state index in [-0.39, 0.29) is 17.9 Å². The van der Waals surface area contributed by atoms with Crippen LogP contribution in [-0.2, 0) is 22.4 Å². The van der Waals surface area contributed by atoms with Gasteiger partial charge in [0, 0.05) is 38.5 Å². The van der Waals surface area contributed by atoms with E-state index in [4.69, 9.17) is 0 Å². The first-order valence-corrected chi connectivity index (χ1v) is 10.6. The van der Waals surface area contributed by atoms with E-state index < -0.39 is 0 Å².